The zero-order chi connectivity index (χ0) is 10.3. The van der Waals surface area contributed by atoms with Gasteiger partial charge in [0.05, 0.1) is 0 Å². The van der Waals surface area contributed by atoms with E-state index in [1.807, 2.05) is 13.8 Å². The van der Waals surface area contributed by atoms with Gasteiger partial charge in [0.15, 0.2) is 0 Å². The summed E-state index contributed by atoms with van der Waals surface area (Å²) in [5.41, 5.74) is 4.61. The quantitative estimate of drug-likeness (QED) is 0.501. The average molecular weight is 190 g/mol. The Morgan fingerprint density at radius 3 is 2.69 bits per heavy atom. The molecule has 0 radical (unpaired) electrons. The molecule has 0 rings (SSSR count). The van der Waals surface area contributed by atoms with Crippen LogP contribution < -0.4 is 11.1 Å². The van der Waals surface area contributed by atoms with E-state index in [1.54, 1.807) is 0 Å². The highest BCUT2D eigenvalue weighted by Gasteiger charge is 2.14. The van der Waals surface area contributed by atoms with Gasteiger partial charge in [0.1, 0.15) is 6.61 Å². The van der Waals surface area contributed by atoms with E-state index in [9.17, 15) is 4.79 Å². The van der Waals surface area contributed by atoms with Crippen molar-refractivity contribution in [3.8, 4) is 0 Å². The fraction of sp³-hybridized carbons (Fsp3) is 0.875. The molecule has 0 saturated heterocycles. The Hall–Kier alpha value is -0.810. The zero-order valence-electron chi connectivity index (χ0n) is 8.17. The monoisotopic (exact) mass is 190 g/mol. The fourth-order valence-electron chi connectivity index (χ4n) is 0.706. The summed E-state index contributed by atoms with van der Waals surface area (Å²) in [6.07, 6.45) is -0.761. The van der Waals surface area contributed by atoms with Gasteiger partial charge >= 0.3 is 6.09 Å². The van der Waals surface area contributed by atoms with Crippen LogP contribution in [0.3, 0.4) is 0 Å². The third-order valence-electron chi connectivity index (χ3n) is 1.55. The standard InChI is InChI=1S/C8H18N2O3/c1-8(2,6-11)5-10-3-4-13-7(9)12/h10-11H,3-6H2,1-2H3,(H2,9,12). The van der Waals surface area contributed by atoms with Crippen LogP contribution in [0.1, 0.15) is 13.8 Å². The minimum absolute atomic E-state index is 0.122. The molecule has 78 valence electrons. The van der Waals surface area contributed by atoms with Crippen LogP contribution >= 0.6 is 0 Å². The molecule has 0 aliphatic carbocycles. The second-order valence-corrected chi connectivity index (χ2v) is 3.67. The number of aliphatic hydroxyl groups excluding tert-OH is 1. The van der Waals surface area contributed by atoms with Crippen molar-refractivity contribution in [2.75, 3.05) is 26.3 Å². The molecule has 0 aliphatic rings. The summed E-state index contributed by atoms with van der Waals surface area (Å²) in [5, 5.41) is 11.9. The molecule has 0 spiro atoms. The maximum atomic E-state index is 10.1. The van der Waals surface area contributed by atoms with Gasteiger partial charge in [0, 0.05) is 25.1 Å². The Balaban J connectivity index is 3.30. The predicted octanol–water partition coefficient (Wildman–Crippen LogP) is -0.310. The second-order valence-electron chi connectivity index (χ2n) is 3.67. The molecule has 5 nitrogen and oxygen atoms in total. The fourth-order valence-corrected chi connectivity index (χ4v) is 0.706. The first-order chi connectivity index (χ1) is 5.98. The average Bonchev–Trinajstić information content (AvgIpc) is 2.03. The minimum Gasteiger partial charge on any atom is -0.448 e. The number of aliphatic hydroxyl groups is 1. The highest BCUT2D eigenvalue weighted by Crippen LogP contribution is 2.10. The molecule has 1 amide bonds. The summed E-state index contributed by atoms with van der Waals surface area (Å²) >= 11 is 0. The largest absolute Gasteiger partial charge is 0.448 e. The van der Waals surface area contributed by atoms with Gasteiger partial charge in [-0.1, -0.05) is 13.8 Å². The van der Waals surface area contributed by atoms with Crippen molar-refractivity contribution >= 4 is 6.09 Å². The lowest BCUT2D eigenvalue weighted by Gasteiger charge is -2.21. The number of carbonyl (C=O) groups excluding carboxylic acids is 1. The van der Waals surface area contributed by atoms with Crippen LogP contribution in [-0.4, -0.2) is 37.5 Å². The predicted molar refractivity (Wildman–Crippen MR) is 49.3 cm³/mol. The Morgan fingerprint density at radius 1 is 1.62 bits per heavy atom. The van der Waals surface area contributed by atoms with Gasteiger partial charge < -0.3 is 20.9 Å². The van der Waals surface area contributed by atoms with E-state index in [0.717, 1.165) is 0 Å². The number of hydrogen-bond acceptors (Lipinski definition) is 4. The van der Waals surface area contributed by atoms with E-state index < -0.39 is 6.09 Å². The number of carbonyl (C=O) groups is 1. The lowest BCUT2D eigenvalue weighted by Crippen LogP contribution is -2.34. The number of nitrogens with one attached hydrogen (secondary N) is 1. The summed E-state index contributed by atoms with van der Waals surface area (Å²) in [5.74, 6) is 0. The van der Waals surface area contributed by atoms with Crippen LogP contribution in [0.5, 0.6) is 0 Å². The summed E-state index contributed by atoms with van der Waals surface area (Å²) in [7, 11) is 0. The SMILES string of the molecule is CC(C)(CO)CNCCOC(N)=O. The normalized spacial score (nSPS) is 11.3. The zero-order valence-corrected chi connectivity index (χ0v) is 8.17. The van der Waals surface area contributed by atoms with E-state index in [4.69, 9.17) is 10.8 Å². The maximum Gasteiger partial charge on any atom is 0.404 e. The number of rotatable bonds is 6. The number of nitrogens with two attached hydrogens (primary N) is 1. The summed E-state index contributed by atoms with van der Waals surface area (Å²) in [4.78, 5) is 10.1. The number of ether oxygens (including phenoxy) is 1. The van der Waals surface area contributed by atoms with E-state index in [2.05, 4.69) is 10.1 Å². The third kappa shape index (κ3) is 7.55. The van der Waals surface area contributed by atoms with Crippen LogP contribution in [0.2, 0.25) is 0 Å². The van der Waals surface area contributed by atoms with Crippen molar-refractivity contribution < 1.29 is 14.6 Å². The van der Waals surface area contributed by atoms with Gasteiger partial charge in [-0.3, -0.25) is 0 Å². The Labute approximate surface area is 78.3 Å². The van der Waals surface area contributed by atoms with Crippen LogP contribution in [0.4, 0.5) is 4.79 Å². The van der Waals surface area contributed by atoms with E-state index in [-0.39, 0.29) is 18.6 Å². The molecule has 13 heavy (non-hydrogen) atoms. The molecule has 0 fully saturated rings. The third-order valence-corrected chi connectivity index (χ3v) is 1.55. The second kappa shape index (κ2) is 5.77. The van der Waals surface area contributed by atoms with Crippen molar-refractivity contribution in [2.24, 2.45) is 11.1 Å². The van der Waals surface area contributed by atoms with Gasteiger partial charge in [0.25, 0.3) is 0 Å². The van der Waals surface area contributed by atoms with Gasteiger partial charge in [0.2, 0.25) is 0 Å². The molecule has 0 aromatic heterocycles. The molecule has 0 aliphatic heterocycles. The van der Waals surface area contributed by atoms with Gasteiger partial charge in [-0.2, -0.15) is 0 Å². The molecule has 0 saturated carbocycles. The molecule has 5 heteroatoms. The summed E-state index contributed by atoms with van der Waals surface area (Å²) < 4.78 is 4.50. The van der Waals surface area contributed by atoms with E-state index in [1.165, 1.54) is 0 Å². The Bertz CT molecular complexity index is 159. The Kier molecular flexibility index (Phi) is 5.41. The van der Waals surface area contributed by atoms with E-state index >= 15 is 0 Å². The Morgan fingerprint density at radius 2 is 2.23 bits per heavy atom. The first kappa shape index (κ1) is 12.2. The molecule has 0 bridgehead atoms. The smallest absolute Gasteiger partial charge is 0.404 e. The van der Waals surface area contributed by atoms with Crippen molar-refractivity contribution in [3.05, 3.63) is 0 Å². The molecule has 0 heterocycles. The first-order valence-electron chi connectivity index (χ1n) is 4.22. The first-order valence-corrected chi connectivity index (χ1v) is 4.22. The summed E-state index contributed by atoms with van der Waals surface area (Å²) in [6, 6.07) is 0. The topological polar surface area (TPSA) is 84.6 Å². The van der Waals surface area contributed by atoms with Gasteiger partial charge in [-0.05, 0) is 0 Å². The maximum absolute atomic E-state index is 10.1. The number of amides is 1. The highest BCUT2D eigenvalue weighted by molar-refractivity contribution is 5.64. The lowest BCUT2D eigenvalue weighted by molar-refractivity contribution is 0.143. The molecule has 4 N–H and O–H groups in total. The van der Waals surface area contributed by atoms with Crippen LogP contribution in [-0.2, 0) is 4.74 Å². The van der Waals surface area contributed by atoms with E-state index in [0.29, 0.717) is 13.1 Å². The van der Waals surface area contributed by atoms with Crippen molar-refractivity contribution in [2.45, 2.75) is 13.8 Å². The molecule has 0 aromatic rings. The van der Waals surface area contributed by atoms with Crippen LogP contribution in [0.25, 0.3) is 0 Å². The van der Waals surface area contributed by atoms with Crippen molar-refractivity contribution in [1.82, 2.24) is 5.32 Å². The van der Waals surface area contributed by atoms with Crippen molar-refractivity contribution in [3.63, 3.8) is 0 Å². The van der Waals surface area contributed by atoms with Crippen LogP contribution in [0, 0.1) is 5.41 Å². The number of primary amides is 1. The molecule has 0 unspecified atom stereocenters. The van der Waals surface area contributed by atoms with Crippen LogP contribution in [0.15, 0.2) is 0 Å². The molecule has 0 atom stereocenters. The molecular weight excluding hydrogens is 172 g/mol. The van der Waals surface area contributed by atoms with Gasteiger partial charge in [-0.25, -0.2) is 4.79 Å². The van der Waals surface area contributed by atoms with Gasteiger partial charge in [-0.15, -0.1) is 0 Å². The summed E-state index contributed by atoms with van der Waals surface area (Å²) in [6.45, 7) is 5.48. The lowest BCUT2D eigenvalue weighted by atomic mass is 9.95. The minimum atomic E-state index is -0.761. The number of hydrogen-bond donors (Lipinski definition) is 3. The molecule has 0 aromatic carbocycles. The highest BCUT2D eigenvalue weighted by atomic mass is 16.5. The van der Waals surface area contributed by atoms with Crippen molar-refractivity contribution in [1.29, 1.82) is 0 Å². The molecular formula is C8H18N2O3.